The molecule has 5 heteroatoms. The zero-order chi connectivity index (χ0) is 14.8. The Morgan fingerprint density at radius 1 is 1.38 bits per heavy atom. The lowest BCUT2D eigenvalue weighted by molar-refractivity contribution is 0.0963. The first-order valence-electron chi connectivity index (χ1n) is 7.03. The molecule has 2 aromatic rings. The predicted octanol–water partition coefficient (Wildman–Crippen LogP) is 3.78. The molecule has 1 aromatic heterocycles. The van der Waals surface area contributed by atoms with E-state index in [4.69, 9.17) is 16.0 Å². The first-order valence-corrected chi connectivity index (χ1v) is 7.41. The summed E-state index contributed by atoms with van der Waals surface area (Å²) in [5, 5.41) is 6.67. The summed E-state index contributed by atoms with van der Waals surface area (Å²) in [5.74, 6) is 0.916. The van der Waals surface area contributed by atoms with Crippen molar-refractivity contribution in [3.8, 4) is 0 Å². The third-order valence-electron chi connectivity index (χ3n) is 3.84. The number of benzene rings is 1. The SMILES string of the molecule is CNC(=O)c1ccc(Cl)c(NC2CCCc3occc32)c1. The molecule has 21 heavy (non-hydrogen) atoms. The number of hydrogen-bond acceptors (Lipinski definition) is 3. The van der Waals surface area contributed by atoms with Crippen molar-refractivity contribution in [1.82, 2.24) is 5.32 Å². The van der Waals surface area contributed by atoms with Gasteiger partial charge in [0, 0.05) is 24.6 Å². The zero-order valence-corrected chi connectivity index (χ0v) is 12.5. The van der Waals surface area contributed by atoms with Gasteiger partial charge >= 0.3 is 0 Å². The van der Waals surface area contributed by atoms with Gasteiger partial charge in [0.15, 0.2) is 0 Å². The normalized spacial score (nSPS) is 17.1. The largest absolute Gasteiger partial charge is 0.469 e. The fourth-order valence-corrected chi connectivity index (χ4v) is 2.92. The number of fused-ring (bicyclic) bond motifs is 1. The molecule has 0 saturated heterocycles. The standard InChI is InChI=1S/C16H17ClN2O2/c1-18-16(20)10-5-6-12(17)14(9-10)19-13-3-2-4-15-11(13)7-8-21-15/h5-9,13,19H,2-4H2,1H3,(H,18,20). The third kappa shape index (κ3) is 2.76. The number of amides is 1. The number of rotatable bonds is 3. The molecule has 0 spiro atoms. The summed E-state index contributed by atoms with van der Waals surface area (Å²) in [7, 11) is 1.61. The molecular weight excluding hydrogens is 288 g/mol. The first-order chi connectivity index (χ1) is 10.2. The quantitative estimate of drug-likeness (QED) is 0.907. The lowest BCUT2D eigenvalue weighted by Gasteiger charge is -2.24. The monoisotopic (exact) mass is 304 g/mol. The van der Waals surface area contributed by atoms with Gasteiger partial charge in [-0.15, -0.1) is 0 Å². The number of hydrogen-bond donors (Lipinski definition) is 2. The second-order valence-electron chi connectivity index (χ2n) is 5.16. The summed E-state index contributed by atoms with van der Waals surface area (Å²) in [6.07, 6.45) is 4.80. The van der Waals surface area contributed by atoms with Crippen molar-refractivity contribution in [2.75, 3.05) is 12.4 Å². The van der Waals surface area contributed by atoms with Crippen molar-refractivity contribution >= 4 is 23.2 Å². The van der Waals surface area contributed by atoms with Crippen LogP contribution in [0.4, 0.5) is 5.69 Å². The highest BCUT2D eigenvalue weighted by Gasteiger charge is 2.23. The molecule has 3 rings (SSSR count). The van der Waals surface area contributed by atoms with Gasteiger partial charge in [-0.2, -0.15) is 0 Å². The average molecular weight is 305 g/mol. The Labute approximate surface area is 128 Å². The second kappa shape index (κ2) is 5.82. The number of halogens is 1. The van der Waals surface area contributed by atoms with E-state index in [9.17, 15) is 4.79 Å². The van der Waals surface area contributed by atoms with Crippen molar-refractivity contribution in [1.29, 1.82) is 0 Å². The van der Waals surface area contributed by atoms with E-state index < -0.39 is 0 Å². The highest BCUT2D eigenvalue weighted by Crippen LogP contribution is 2.35. The van der Waals surface area contributed by atoms with Crippen LogP contribution in [-0.2, 0) is 6.42 Å². The van der Waals surface area contributed by atoms with Crippen molar-refractivity contribution in [2.24, 2.45) is 0 Å². The van der Waals surface area contributed by atoms with E-state index in [-0.39, 0.29) is 11.9 Å². The van der Waals surface area contributed by atoms with Gasteiger partial charge in [0.1, 0.15) is 5.76 Å². The van der Waals surface area contributed by atoms with E-state index >= 15 is 0 Å². The molecule has 1 atom stereocenters. The number of furan rings is 1. The minimum Gasteiger partial charge on any atom is -0.469 e. The Kier molecular flexibility index (Phi) is 3.88. The lowest BCUT2D eigenvalue weighted by atomic mass is 9.93. The van der Waals surface area contributed by atoms with E-state index in [0.717, 1.165) is 30.7 Å². The molecular formula is C16H17ClN2O2. The molecule has 1 aliphatic carbocycles. The van der Waals surface area contributed by atoms with Crippen LogP contribution >= 0.6 is 11.6 Å². The summed E-state index contributed by atoms with van der Waals surface area (Å²) in [6.45, 7) is 0. The highest BCUT2D eigenvalue weighted by molar-refractivity contribution is 6.33. The van der Waals surface area contributed by atoms with Crippen LogP contribution in [0.5, 0.6) is 0 Å². The van der Waals surface area contributed by atoms with E-state index in [1.165, 1.54) is 5.56 Å². The maximum absolute atomic E-state index is 11.7. The topological polar surface area (TPSA) is 54.3 Å². The van der Waals surface area contributed by atoms with Crippen LogP contribution in [0.25, 0.3) is 0 Å². The molecule has 110 valence electrons. The number of nitrogens with one attached hydrogen (secondary N) is 2. The Bertz CT molecular complexity index is 666. The molecule has 0 radical (unpaired) electrons. The molecule has 4 nitrogen and oxygen atoms in total. The molecule has 1 unspecified atom stereocenters. The Balaban J connectivity index is 1.87. The van der Waals surface area contributed by atoms with Gasteiger partial charge in [-0.3, -0.25) is 4.79 Å². The molecule has 0 aliphatic heterocycles. The molecule has 1 aliphatic rings. The Morgan fingerprint density at radius 2 is 2.24 bits per heavy atom. The van der Waals surface area contributed by atoms with Crippen LogP contribution in [0.15, 0.2) is 34.9 Å². The van der Waals surface area contributed by atoms with Crippen LogP contribution in [0.2, 0.25) is 5.02 Å². The van der Waals surface area contributed by atoms with Crippen LogP contribution in [0.3, 0.4) is 0 Å². The second-order valence-corrected chi connectivity index (χ2v) is 5.57. The average Bonchev–Trinajstić information content (AvgIpc) is 2.98. The molecule has 1 heterocycles. The van der Waals surface area contributed by atoms with Gasteiger partial charge in [0.2, 0.25) is 0 Å². The fraction of sp³-hybridized carbons (Fsp3) is 0.312. The van der Waals surface area contributed by atoms with Gasteiger partial charge in [-0.25, -0.2) is 0 Å². The van der Waals surface area contributed by atoms with Crippen molar-refractivity contribution in [3.05, 3.63) is 52.4 Å². The number of carbonyl (C=O) groups excluding carboxylic acids is 1. The number of anilines is 1. The van der Waals surface area contributed by atoms with E-state index in [2.05, 4.69) is 10.6 Å². The summed E-state index contributed by atoms with van der Waals surface area (Å²) in [4.78, 5) is 11.7. The van der Waals surface area contributed by atoms with E-state index in [1.54, 1.807) is 31.5 Å². The van der Waals surface area contributed by atoms with Gasteiger partial charge in [-0.05, 0) is 37.1 Å². The van der Waals surface area contributed by atoms with Crippen molar-refractivity contribution < 1.29 is 9.21 Å². The van der Waals surface area contributed by atoms with Gasteiger partial charge in [0.25, 0.3) is 5.91 Å². The lowest BCUT2D eigenvalue weighted by Crippen LogP contribution is -2.19. The van der Waals surface area contributed by atoms with Gasteiger partial charge in [0.05, 0.1) is 23.0 Å². The molecule has 1 amide bonds. The molecule has 0 bridgehead atoms. The zero-order valence-electron chi connectivity index (χ0n) is 11.8. The summed E-state index contributed by atoms with van der Waals surface area (Å²) in [5.41, 5.74) is 2.55. The van der Waals surface area contributed by atoms with Gasteiger partial charge in [-0.1, -0.05) is 11.6 Å². The highest BCUT2D eigenvalue weighted by atomic mass is 35.5. The van der Waals surface area contributed by atoms with Crippen LogP contribution < -0.4 is 10.6 Å². The summed E-state index contributed by atoms with van der Waals surface area (Å²) >= 11 is 6.25. The third-order valence-corrected chi connectivity index (χ3v) is 4.17. The van der Waals surface area contributed by atoms with Crippen LogP contribution in [-0.4, -0.2) is 13.0 Å². The number of aryl methyl sites for hydroxylation is 1. The maximum Gasteiger partial charge on any atom is 0.251 e. The smallest absolute Gasteiger partial charge is 0.251 e. The first kappa shape index (κ1) is 14.0. The minimum atomic E-state index is -0.123. The van der Waals surface area contributed by atoms with Crippen molar-refractivity contribution in [3.63, 3.8) is 0 Å². The molecule has 0 saturated carbocycles. The van der Waals surface area contributed by atoms with Crippen LogP contribution in [0.1, 0.15) is 40.6 Å². The van der Waals surface area contributed by atoms with Crippen molar-refractivity contribution in [2.45, 2.75) is 25.3 Å². The summed E-state index contributed by atoms with van der Waals surface area (Å²) in [6, 6.07) is 7.42. The van der Waals surface area contributed by atoms with E-state index in [0.29, 0.717) is 10.6 Å². The maximum atomic E-state index is 11.7. The van der Waals surface area contributed by atoms with Crippen LogP contribution in [0, 0.1) is 0 Å². The van der Waals surface area contributed by atoms with Gasteiger partial charge < -0.3 is 15.1 Å². The fourth-order valence-electron chi connectivity index (χ4n) is 2.75. The number of carbonyl (C=O) groups is 1. The molecule has 1 aromatic carbocycles. The Morgan fingerprint density at radius 3 is 3.05 bits per heavy atom. The predicted molar refractivity (Wildman–Crippen MR) is 82.9 cm³/mol. The summed E-state index contributed by atoms with van der Waals surface area (Å²) < 4.78 is 5.50. The molecule has 0 fully saturated rings. The minimum absolute atomic E-state index is 0.123. The Hall–Kier alpha value is -1.94. The van der Waals surface area contributed by atoms with E-state index in [1.807, 2.05) is 6.07 Å². The molecule has 2 N–H and O–H groups in total.